The first-order valence-corrected chi connectivity index (χ1v) is 11.3. The molecule has 2 atom stereocenters. The third-order valence-corrected chi connectivity index (χ3v) is 7.25. The van der Waals surface area contributed by atoms with Gasteiger partial charge in [-0.3, -0.25) is 4.84 Å². The molecule has 8 nitrogen and oxygen atoms in total. The number of hydrogen-bond acceptors (Lipinski definition) is 7. The Bertz CT molecular complexity index is 1240. The summed E-state index contributed by atoms with van der Waals surface area (Å²) in [7, 11) is -4.30. The highest BCUT2D eigenvalue weighted by Crippen LogP contribution is 2.37. The summed E-state index contributed by atoms with van der Waals surface area (Å²) in [4.78, 5) is 16.4. The number of aromatic nitrogens is 1. The van der Waals surface area contributed by atoms with E-state index in [1.807, 2.05) is 0 Å². The molecule has 1 aromatic heterocycles. The fourth-order valence-corrected chi connectivity index (χ4v) is 5.31. The Hall–Kier alpha value is -3.31. The molecule has 2 N–H and O–H groups in total. The van der Waals surface area contributed by atoms with Crippen LogP contribution in [0.4, 0.5) is 13.6 Å². The van der Waals surface area contributed by atoms with E-state index in [0.717, 1.165) is 30.3 Å². The van der Waals surface area contributed by atoms with Gasteiger partial charge in [0.1, 0.15) is 11.6 Å². The van der Waals surface area contributed by atoms with Gasteiger partial charge in [-0.25, -0.2) is 22.0 Å². The van der Waals surface area contributed by atoms with Crippen LogP contribution in [0.1, 0.15) is 17.7 Å². The molecule has 0 amide bonds. The largest absolute Gasteiger partial charge is 0.533 e. The molecule has 0 aliphatic rings. The number of benzene rings is 2. The molecule has 3 rings (SSSR count). The van der Waals surface area contributed by atoms with E-state index < -0.39 is 62.7 Å². The molecule has 0 aliphatic carbocycles. The zero-order chi connectivity index (χ0) is 24.3. The Kier molecular flexibility index (Phi) is 7.13. The molecule has 0 radical (unpaired) electrons. The SMILES string of the molecule is C[C@H](COC(=O)On1c(O)ccc1O)[C@@H](c1cc(F)ccc1F)S(=O)(=O)c1ccc(Cl)cc1. The van der Waals surface area contributed by atoms with E-state index in [9.17, 15) is 32.2 Å². The predicted octanol–water partition coefficient (Wildman–Crippen LogP) is 4.25. The van der Waals surface area contributed by atoms with Crippen molar-refractivity contribution in [2.75, 3.05) is 6.61 Å². The van der Waals surface area contributed by atoms with Crippen LogP contribution in [-0.2, 0) is 14.6 Å². The van der Waals surface area contributed by atoms with Crippen LogP contribution in [0.3, 0.4) is 0 Å². The van der Waals surface area contributed by atoms with Gasteiger partial charge in [-0.1, -0.05) is 18.5 Å². The summed E-state index contributed by atoms with van der Waals surface area (Å²) in [6.45, 7) is 0.773. The molecule has 0 bridgehead atoms. The molecule has 3 aromatic rings. The van der Waals surface area contributed by atoms with Gasteiger partial charge in [0.25, 0.3) is 0 Å². The maximum Gasteiger partial charge on any atom is 0.533 e. The van der Waals surface area contributed by atoms with Gasteiger partial charge < -0.3 is 14.9 Å². The molecule has 0 fully saturated rings. The molecule has 176 valence electrons. The second-order valence-electron chi connectivity index (χ2n) is 7.06. The number of hydrogen-bond donors (Lipinski definition) is 2. The van der Waals surface area contributed by atoms with Gasteiger partial charge in [-0.15, -0.1) is 4.73 Å². The molecular formula is C21H18ClF2NO7S. The Labute approximate surface area is 192 Å². The Morgan fingerprint density at radius 2 is 1.67 bits per heavy atom. The summed E-state index contributed by atoms with van der Waals surface area (Å²) in [5, 5.41) is 17.6. The fraction of sp³-hybridized carbons (Fsp3) is 0.190. The molecule has 0 spiro atoms. The first-order valence-electron chi connectivity index (χ1n) is 9.40. The van der Waals surface area contributed by atoms with Crippen molar-refractivity contribution in [1.82, 2.24) is 4.73 Å². The summed E-state index contributed by atoms with van der Waals surface area (Å²) in [5.74, 6) is -4.09. The number of carbonyl (C=O) groups excluding carboxylic acids is 1. The van der Waals surface area contributed by atoms with Crippen molar-refractivity contribution < 1.29 is 41.8 Å². The second-order valence-corrected chi connectivity index (χ2v) is 9.56. The Morgan fingerprint density at radius 3 is 2.27 bits per heavy atom. The normalized spacial score (nSPS) is 13.3. The van der Waals surface area contributed by atoms with E-state index in [2.05, 4.69) is 4.84 Å². The van der Waals surface area contributed by atoms with E-state index in [1.165, 1.54) is 31.2 Å². The van der Waals surface area contributed by atoms with Gasteiger partial charge >= 0.3 is 6.16 Å². The number of rotatable bonds is 7. The topological polar surface area (TPSA) is 115 Å². The van der Waals surface area contributed by atoms with Gasteiger partial charge in [0.15, 0.2) is 9.84 Å². The molecule has 33 heavy (non-hydrogen) atoms. The molecule has 1 heterocycles. The number of ether oxygens (including phenoxy) is 1. The zero-order valence-electron chi connectivity index (χ0n) is 17.0. The highest BCUT2D eigenvalue weighted by molar-refractivity contribution is 7.91. The summed E-state index contributed by atoms with van der Waals surface area (Å²) in [5.41, 5.74) is -0.449. The lowest BCUT2D eigenvalue weighted by atomic mass is 10.0. The van der Waals surface area contributed by atoms with Gasteiger partial charge in [-0.05, 0) is 42.5 Å². The first kappa shape index (κ1) is 24.3. The molecule has 0 saturated heterocycles. The van der Waals surface area contributed by atoms with Crippen LogP contribution in [0, 0.1) is 17.6 Å². The van der Waals surface area contributed by atoms with Crippen molar-refractivity contribution >= 4 is 27.6 Å². The third-order valence-electron chi connectivity index (χ3n) is 4.69. The van der Waals surface area contributed by atoms with Crippen molar-refractivity contribution in [3.63, 3.8) is 0 Å². The lowest BCUT2D eigenvalue weighted by molar-refractivity contribution is 0.0277. The van der Waals surface area contributed by atoms with E-state index in [0.29, 0.717) is 4.73 Å². The van der Waals surface area contributed by atoms with Crippen LogP contribution in [-0.4, -0.2) is 36.1 Å². The van der Waals surface area contributed by atoms with Crippen LogP contribution >= 0.6 is 11.6 Å². The van der Waals surface area contributed by atoms with Crippen molar-refractivity contribution in [2.45, 2.75) is 17.1 Å². The Morgan fingerprint density at radius 1 is 1.06 bits per heavy atom. The highest BCUT2D eigenvalue weighted by Gasteiger charge is 2.37. The monoisotopic (exact) mass is 501 g/mol. The molecule has 0 aliphatic heterocycles. The van der Waals surface area contributed by atoms with Crippen molar-refractivity contribution in [2.24, 2.45) is 5.92 Å². The van der Waals surface area contributed by atoms with Gasteiger partial charge in [-0.2, -0.15) is 0 Å². The zero-order valence-corrected chi connectivity index (χ0v) is 18.6. The lowest BCUT2D eigenvalue weighted by Crippen LogP contribution is -2.28. The van der Waals surface area contributed by atoms with Gasteiger partial charge in [0.05, 0.1) is 16.8 Å². The third kappa shape index (κ3) is 5.37. The average Bonchev–Trinajstić information content (AvgIpc) is 3.07. The molecular weight excluding hydrogens is 484 g/mol. The standard InChI is InChI=1S/C21H18ClF2NO7S/c1-12(11-31-21(28)32-25-18(26)8-9-19(25)27)20(16-10-14(23)4-7-17(16)24)33(29,30)15-5-2-13(22)3-6-15/h2-10,12,20,26-27H,11H2,1H3/t12-,20+/m1/s1. The van der Waals surface area contributed by atoms with Crippen LogP contribution < -0.4 is 4.84 Å². The first-order chi connectivity index (χ1) is 15.5. The highest BCUT2D eigenvalue weighted by atomic mass is 35.5. The van der Waals surface area contributed by atoms with E-state index in [4.69, 9.17) is 16.3 Å². The average molecular weight is 502 g/mol. The van der Waals surface area contributed by atoms with Crippen LogP contribution in [0.25, 0.3) is 0 Å². The van der Waals surface area contributed by atoms with Gasteiger partial charge in [0.2, 0.25) is 11.8 Å². The fourth-order valence-electron chi connectivity index (χ4n) is 3.17. The van der Waals surface area contributed by atoms with Crippen molar-refractivity contribution in [3.05, 3.63) is 76.8 Å². The van der Waals surface area contributed by atoms with Gasteiger partial charge in [0, 0.05) is 28.6 Å². The minimum absolute atomic E-state index is 0.197. The summed E-state index contributed by atoms with van der Waals surface area (Å²) in [6, 6.07) is 9.62. The number of nitrogens with zero attached hydrogens (tertiary/aromatic N) is 1. The lowest BCUT2D eigenvalue weighted by Gasteiger charge is -2.25. The minimum Gasteiger partial charge on any atom is -0.492 e. The number of sulfone groups is 1. The summed E-state index contributed by atoms with van der Waals surface area (Å²) >= 11 is 5.82. The Balaban J connectivity index is 1.89. The van der Waals surface area contributed by atoms with Crippen LogP contribution in [0.15, 0.2) is 59.5 Å². The van der Waals surface area contributed by atoms with Crippen molar-refractivity contribution in [3.8, 4) is 11.8 Å². The molecule has 0 unspecified atom stereocenters. The van der Waals surface area contributed by atoms with E-state index >= 15 is 0 Å². The number of carbonyl (C=O) groups is 1. The summed E-state index contributed by atoms with van der Waals surface area (Å²) in [6.07, 6.45) is -1.38. The quantitative estimate of drug-likeness (QED) is 0.465. The molecule has 0 saturated carbocycles. The number of halogens is 3. The molecule has 2 aromatic carbocycles. The number of aromatic hydroxyl groups is 2. The summed E-state index contributed by atoms with van der Waals surface area (Å²) < 4.78 is 60.5. The van der Waals surface area contributed by atoms with E-state index in [-0.39, 0.29) is 9.92 Å². The second kappa shape index (κ2) is 9.67. The predicted molar refractivity (Wildman–Crippen MR) is 113 cm³/mol. The van der Waals surface area contributed by atoms with Crippen LogP contribution in [0.2, 0.25) is 5.02 Å². The minimum atomic E-state index is -4.30. The maximum absolute atomic E-state index is 14.6. The van der Waals surface area contributed by atoms with Crippen LogP contribution in [0.5, 0.6) is 11.8 Å². The van der Waals surface area contributed by atoms with Crippen molar-refractivity contribution in [1.29, 1.82) is 0 Å². The molecule has 12 heteroatoms. The smallest absolute Gasteiger partial charge is 0.492 e. The maximum atomic E-state index is 14.6. The van der Waals surface area contributed by atoms with E-state index in [1.54, 1.807) is 0 Å².